The first kappa shape index (κ1) is 14.7. The number of aryl methyl sites for hydroxylation is 2. The molecule has 1 aromatic heterocycles. The fourth-order valence-corrected chi connectivity index (χ4v) is 2.78. The summed E-state index contributed by atoms with van der Waals surface area (Å²) >= 11 is 1.43. The smallest absolute Gasteiger partial charge is 0.326 e. The average Bonchev–Trinajstić information content (AvgIpc) is 2.69. The van der Waals surface area contributed by atoms with E-state index < -0.39 is 12.0 Å². The second-order valence-corrected chi connectivity index (χ2v) is 5.36. The van der Waals surface area contributed by atoms with E-state index >= 15 is 0 Å². The van der Waals surface area contributed by atoms with Crippen LogP contribution in [0.2, 0.25) is 0 Å². The van der Waals surface area contributed by atoms with E-state index in [9.17, 15) is 9.59 Å². The summed E-state index contributed by atoms with van der Waals surface area (Å²) in [5.74, 6) is -1.27. The van der Waals surface area contributed by atoms with Gasteiger partial charge in [-0.1, -0.05) is 20.3 Å². The highest BCUT2D eigenvalue weighted by molar-refractivity contribution is 7.14. The molecule has 1 heterocycles. The predicted octanol–water partition coefficient (Wildman–Crippen LogP) is 2.60. The summed E-state index contributed by atoms with van der Waals surface area (Å²) in [5, 5.41) is 11.6. The fourth-order valence-electron chi connectivity index (χ4n) is 1.76. The molecule has 0 aliphatic heterocycles. The van der Waals surface area contributed by atoms with Crippen LogP contribution in [0.3, 0.4) is 0 Å². The van der Waals surface area contributed by atoms with Crippen molar-refractivity contribution < 1.29 is 14.7 Å². The first-order chi connectivity index (χ1) is 8.49. The van der Waals surface area contributed by atoms with E-state index in [4.69, 9.17) is 5.11 Å². The van der Waals surface area contributed by atoms with Crippen molar-refractivity contribution in [2.24, 2.45) is 0 Å². The van der Waals surface area contributed by atoms with Gasteiger partial charge in [0, 0.05) is 4.88 Å². The van der Waals surface area contributed by atoms with Gasteiger partial charge in [0.2, 0.25) is 0 Å². The number of carboxylic acids is 1. The molecule has 100 valence electrons. The van der Waals surface area contributed by atoms with Crippen molar-refractivity contribution in [3.8, 4) is 0 Å². The molecule has 0 unspecified atom stereocenters. The van der Waals surface area contributed by atoms with Gasteiger partial charge in [0.25, 0.3) is 5.91 Å². The maximum absolute atomic E-state index is 12.0. The van der Waals surface area contributed by atoms with Crippen LogP contribution in [0.15, 0.2) is 6.07 Å². The lowest BCUT2D eigenvalue weighted by molar-refractivity contribution is -0.139. The van der Waals surface area contributed by atoms with Gasteiger partial charge in [0.1, 0.15) is 6.04 Å². The lowest BCUT2D eigenvalue weighted by Crippen LogP contribution is -2.40. The molecule has 1 rings (SSSR count). The summed E-state index contributed by atoms with van der Waals surface area (Å²) in [6.07, 6.45) is 2.06. The molecule has 0 radical (unpaired) electrons. The number of rotatable bonds is 6. The van der Waals surface area contributed by atoms with E-state index in [1.165, 1.54) is 16.2 Å². The quantitative estimate of drug-likeness (QED) is 0.834. The van der Waals surface area contributed by atoms with Crippen molar-refractivity contribution in [3.05, 3.63) is 21.4 Å². The number of thiophene rings is 1. The number of carbonyl (C=O) groups excluding carboxylic acids is 1. The third-order valence-electron chi connectivity index (χ3n) is 2.75. The molecule has 18 heavy (non-hydrogen) atoms. The fraction of sp³-hybridized carbons (Fsp3) is 0.538. The van der Waals surface area contributed by atoms with Crippen LogP contribution in [0.4, 0.5) is 0 Å². The number of carboxylic acid groups (broad SMARTS) is 1. The predicted molar refractivity (Wildman–Crippen MR) is 72.2 cm³/mol. The number of aliphatic carboxylic acids is 1. The van der Waals surface area contributed by atoms with E-state index in [2.05, 4.69) is 5.32 Å². The molecule has 0 aliphatic carbocycles. The van der Waals surface area contributed by atoms with Crippen LogP contribution < -0.4 is 5.32 Å². The molecule has 0 fully saturated rings. The summed E-state index contributed by atoms with van der Waals surface area (Å²) in [6, 6.07) is 1.03. The number of carbonyl (C=O) groups is 2. The Bertz CT molecular complexity index is 439. The molecule has 0 aromatic carbocycles. The van der Waals surface area contributed by atoms with E-state index in [0.29, 0.717) is 11.3 Å². The lowest BCUT2D eigenvalue weighted by atomic mass is 10.1. The Balaban J connectivity index is 2.77. The molecule has 2 N–H and O–H groups in total. The third-order valence-corrected chi connectivity index (χ3v) is 4.13. The van der Waals surface area contributed by atoms with E-state index in [-0.39, 0.29) is 5.91 Å². The highest BCUT2D eigenvalue weighted by atomic mass is 32.1. The van der Waals surface area contributed by atoms with Gasteiger partial charge in [-0.25, -0.2) is 4.79 Å². The number of hydrogen-bond donors (Lipinski definition) is 2. The Hall–Kier alpha value is -1.36. The van der Waals surface area contributed by atoms with Crippen LogP contribution in [0.25, 0.3) is 0 Å². The van der Waals surface area contributed by atoms with Crippen molar-refractivity contribution in [1.82, 2.24) is 5.32 Å². The van der Waals surface area contributed by atoms with E-state index in [1.807, 2.05) is 26.8 Å². The zero-order chi connectivity index (χ0) is 13.7. The van der Waals surface area contributed by atoms with Crippen molar-refractivity contribution >= 4 is 23.2 Å². The molecule has 1 aromatic rings. The first-order valence-corrected chi connectivity index (χ1v) is 6.94. The topological polar surface area (TPSA) is 66.4 Å². The van der Waals surface area contributed by atoms with E-state index in [1.54, 1.807) is 0 Å². The molecule has 0 spiro atoms. The third kappa shape index (κ3) is 3.57. The summed E-state index contributed by atoms with van der Waals surface area (Å²) < 4.78 is 0. The molecular formula is C13H19NO3S. The van der Waals surface area contributed by atoms with Gasteiger partial charge in [0.15, 0.2) is 0 Å². The van der Waals surface area contributed by atoms with Gasteiger partial charge in [-0.2, -0.15) is 0 Å². The minimum Gasteiger partial charge on any atom is -0.480 e. The molecule has 0 saturated heterocycles. The molecule has 4 nitrogen and oxygen atoms in total. The van der Waals surface area contributed by atoms with Crippen molar-refractivity contribution in [3.63, 3.8) is 0 Å². The highest BCUT2D eigenvalue weighted by Crippen LogP contribution is 2.22. The van der Waals surface area contributed by atoms with Crippen LogP contribution in [0.1, 0.15) is 46.8 Å². The van der Waals surface area contributed by atoms with Gasteiger partial charge in [-0.15, -0.1) is 11.3 Å². The normalized spacial score (nSPS) is 12.2. The van der Waals surface area contributed by atoms with E-state index in [0.717, 1.165) is 18.4 Å². The maximum Gasteiger partial charge on any atom is 0.326 e. The molecule has 0 aliphatic rings. The molecule has 1 atom stereocenters. The zero-order valence-electron chi connectivity index (χ0n) is 10.9. The summed E-state index contributed by atoms with van der Waals surface area (Å²) in [6.45, 7) is 5.90. The zero-order valence-corrected chi connectivity index (χ0v) is 11.8. The minimum absolute atomic E-state index is 0.288. The maximum atomic E-state index is 12.0. The Kier molecular flexibility index (Phi) is 5.34. The van der Waals surface area contributed by atoms with Crippen LogP contribution in [-0.4, -0.2) is 23.0 Å². The summed E-state index contributed by atoms with van der Waals surface area (Å²) in [5.41, 5.74) is 1.09. The molecule has 0 saturated carbocycles. The van der Waals surface area contributed by atoms with Crippen LogP contribution in [0, 0.1) is 6.92 Å². The van der Waals surface area contributed by atoms with Crippen molar-refractivity contribution in [1.29, 1.82) is 0 Å². The van der Waals surface area contributed by atoms with Crippen LogP contribution in [-0.2, 0) is 11.2 Å². The monoisotopic (exact) mass is 269 g/mol. The average molecular weight is 269 g/mol. The Morgan fingerprint density at radius 2 is 2.11 bits per heavy atom. The van der Waals surface area contributed by atoms with Gasteiger partial charge in [0.05, 0.1) is 4.88 Å². The van der Waals surface area contributed by atoms with Crippen molar-refractivity contribution in [2.45, 2.75) is 46.1 Å². The standard InChI is InChI=1S/C13H19NO3S/c1-4-6-9(13(16)17)14-12(15)11-7-8(3)10(5-2)18-11/h7,9H,4-6H2,1-3H3,(H,14,15)(H,16,17)/t9-/m1/s1. The van der Waals surface area contributed by atoms with Gasteiger partial charge in [-0.05, 0) is 31.4 Å². The number of nitrogens with one attached hydrogen (secondary N) is 1. The van der Waals surface area contributed by atoms with Crippen LogP contribution in [0.5, 0.6) is 0 Å². The molecular weight excluding hydrogens is 250 g/mol. The Morgan fingerprint density at radius 3 is 2.56 bits per heavy atom. The minimum atomic E-state index is -0.978. The SMILES string of the molecule is CCC[C@@H](NC(=O)c1cc(C)c(CC)s1)C(=O)O. The van der Waals surface area contributed by atoms with Gasteiger partial charge in [-0.3, -0.25) is 4.79 Å². The molecule has 5 heteroatoms. The Morgan fingerprint density at radius 1 is 1.44 bits per heavy atom. The second kappa shape index (κ2) is 6.54. The first-order valence-electron chi connectivity index (χ1n) is 6.12. The summed E-state index contributed by atoms with van der Waals surface area (Å²) in [7, 11) is 0. The van der Waals surface area contributed by atoms with Gasteiger partial charge >= 0.3 is 5.97 Å². The lowest BCUT2D eigenvalue weighted by Gasteiger charge is -2.12. The number of hydrogen-bond acceptors (Lipinski definition) is 3. The van der Waals surface area contributed by atoms with Crippen LogP contribution >= 0.6 is 11.3 Å². The molecule has 1 amide bonds. The summed E-state index contributed by atoms with van der Waals surface area (Å²) in [4.78, 5) is 24.7. The van der Waals surface area contributed by atoms with Crippen molar-refractivity contribution in [2.75, 3.05) is 0 Å². The second-order valence-electron chi connectivity index (χ2n) is 4.22. The largest absolute Gasteiger partial charge is 0.480 e. The highest BCUT2D eigenvalue weighted by Gasteiger charge is 2.20. The Labute approximate surface area is 111 Å². The molecule has 0 bridgehead atoms. The van der Waals surface area contributed by atoms with Gasteiger partial charge < -0.3 is 10.4 Å². The number of amides is 1.